The molecule has 3 nitrogen and oxygen atoms in total. The van der Waals surface area contributed by atoms with E-state index in [0.717, 1.165) is 0 Å². The van der Waals surface area contributed by atoms with Gasteiger partial charge in [0.25, 0.3) is 0 Å². The smallest absolute Gasteiger partial charge is 0.170 e. The molecular formula is C11H12Cl2O3. The van der Waals surface area contributed by atoms with E-state index in [1.807, 2.05) is 13.8 Å². The van der Waals surface area contributed by atoms with Gasteiger partial charge in [-0.25, -0.2) is 0 Å². The first-order chi connectivity index (χ1) is 7.47. The lowest BCUT2D eigenvalue weighted by molar-refractivity contribution is 0.112. The fourth-order valence-corrected chi connectivity index (χ4v) is 1.48. The molecule has 0 aliphatic carbocycles. The summed E-state index contributed by atoms with van der Waals surface area (Å²) in [5.74, 6) is 0.198. The van der Waals surface area contributed by atoms with Crippen LogP contribution < -0.4 is 4.74 Å². The number of hydrogen-bond donors (Lipinski definition) is 1. The minimum atomic E-state index is -0.273. The van der Waals surface area contributed by atoms with E-state index in [1.165, 1.54) is 6.07 Å². The van der Waals surface area contributed by atoms with Crippen molar-refractivity contribution in [3.63, 3.8) is 0 Å². The van der Waals surface area contributed by atoms with Crippen molar-refractivity contribution >= 4 is 29.5 Å². The second kappa shape index (κ2) is 5.41. The molecule has 16 heavy (non-hydrogen) atoms. The number of hydrogen-bond acceptors (Lipinski definition) is 3. The Morgan fingerprint density at radius 1 is 1.50 bits per heavy atom. The molecule has 0 saturated carbocycles. The van der Waals surface area contributed by atoms with Gasteiger partial charge >= 0.3 is 0 Å². The van der Waals surface area contributed by atoms with Crippen LogP contribution in [0.5, 0.6) is 11.5 Å². The minimum Gasteiger partial charge on any atom is -0.504 e. The highest BCUT2D eigenvalue weighted by Gasteiger charge is 2.16. The Labute approximate surface area is 104 Å². The van der Waals surface area contributed by atoms with Gasteiger partial charge in [0.05, 0.1) is 22.2 Å². The van der Waals surface area contributed by atoms with E-state index in [1.54, 1.807) is 0 Å². The summed E-state index contributed by atoms with van der Waals surface area (Å²) in [7, 11) is 0. The Morgan fingerprint density at radius 2 is 2.12 bits per heavy atom. The molecule has 0 amide bonds. The van der Waals surface area contributed by atoms with Gasteiger partial charge in [0.2, 0.25) is 0 Å². The topological polar surface area (TPSA) is 46.5 Å². The SMILES string of the molecule is CC(C)COc1cc(Cl)c(Cl)c(C=O)c1O. The van der Waals surface area contributed by atoms with Crippen molar-refractivity contribution in [2.24, 2.45) is 5.92 Å². The Bertz CT molecular complexity index is 403. The molecule has 1 N–H and O–H groups in total. The summed E-state index contributed by atoms with van der Waals surface area (Å²) in [5, 5.41) is 9.92. The lowest BCUT2D eigenvalue weighted by Gasteiger charge is -2.12. The number of aromatic hydroxyl groups is 1. The molecule has 0 heterocycles. The van der Waals surface area contributed by atoms with Gasteiger partial charge in [-0.3, -0.25) is 4.79 Å². The van der Waals surface area contributed by atoms with Crippen LogP contribution in [0.1, 0.15) is 24.2 Å². The maximum atomic E-state index is 10.7. The minimum absolute atomic E-state index is 0.0334. The third-order valence-corrected chi connectivity index (χ3v) is 2.68. The monoisotopic (exact) mass is 262 g/mol. The molecule has 0 spiro atoms. The third kappa shape index (κ3) is 2.80. The molecule has 1 rings (SSSR count). The number of rotatable bonds is 4. The number of aldehydes is 1. The summed E-state index contributed by atoms with van der Waals surface area (Å²) in [6.07, 6.45) is 0.450. The van der Waals surface area contributed by atoms with Crippen LogP contribution in [0.25, 0.3) is 0 Å². The highest BCUT2D eigenvalue weighted by Crippen LogP contribution is 2.39. The van der Waals surface area contributed by atoms with Crippen LogP contribution in [0, 0.1) is 5.92 Å². The van der Waals surface area contributed by atoms with E-state index < -0.39 is 0 Å². The summed E-state index contributed by atoms with van der Waals surface area (Å²) in [5.41, 5.74) is -0.0482. The Hall–Kier alpha value is -0.930. The van der Waals surface area contributed by atoms with Gasteiger partial charge in [0, 0.05) is 6.07 Å². The van der Waals surface area contributed by atoms with Gasteiger partial charge in [0.15, 0.2) is 17.8 Å². The average Bonchev–Trinajstić information content (AvgIpc) is 2.22. The maximum Gasteiger partial charge on any atom is 0.170 e. The van der Waals surface area contributed by atoms with Crippen LogP contribution in [-0.4, -0.2) is 18.0 Å². The molecule has 0 saturated heterocycles. The Kier molecular flexibility index (Phi) is 4.44. The molecular weight excluding hydrogens is 251 g/mol. The standard InChI is InChI=1S/C11H12Cl2O3/c1-6(2)5-16-9-3-8(12)10(13)7(4-14)11(9)15/h3-4,6,15H,5H2,1-2H3. The first kappa shape index (κ1) is 13.1. The van der Waals surface area contributed by atoms with Crippen molar-refractivity contribution in [1.82, 2.24) is 0 Å². The largest absolute Gasteiger partial charge is 0.504 e. The highest BCUT2D eigenvalue weighted by atomic mass is 35.5. The van der Waals surface area contributed by atoms with Crippen LogP contribution in [-0.2, 0) is 0 Å². The number of carbonyl (C=O) groups excluding carboxylic acids is 1. The van der Waals surface area contributed by atoms with E-state index in [0.29, 0.717) is 18.8 Å². The molecule has 0 aliphatic rings. The number of halogens is 2. The fourth-order valence-electron chi connectivity index (χ4n) is 1.09. The summed E-state index contributed by atoms with van der Waals surface area (Å²) in [4.78, 5) is 10.7. The Morgan fingerprint density at radius 3 is 2.62 bits per heavy atom. The summed E-state index contributed by atoms with van der Waals surface area (Å²) in [6, 6.07) is 1.40. The predicted molar refractivity (Wildman–Crippen MR) is 63.8 cm³/mol. The number of benzene rings is 1. The van der Waals surface area contributed by atoms with Crippen molar-refractivity contribution in [2.45, 2.75) is 13.8 Å². The lowest BCUT2D eigenvalue weighted by Crippen LogP contribution is -2.05. The Balaban J connectivity index is 3.10. The van der Waals surface area contributed by atoms with E-state index in [4.69, 9.17) is 27.9 Å². The molecule has 1 aromatic rings. The molecule has 0 aromatic heterocycles. The van der Waals surface area contributed by atoms with Gasteiger partial charge in [-0.05, 0) is 5.92 Å². The first-order valence-electron chi connectivity index (χ1n) is 4.76. The zero-order valence-electron chi connectivity index (χ0n) is 8.96. The highest BCUT2D eigenvalue weighted by molar-refractivity contribution is 6.43. The average molecular weight is 263 g/mol. The zero-order chi connectivity index (χ0) is 12.3. The van der Waals surface area contributed by atoms with E-state index >= 15 is 0 Å². The summed E-state index contributed by atoms with van der Waals surface area (Å²) >= 11 is 11.6. The molecule has 88 valence electrons. The number of phenols is 1. The van der Waals surface area contributed by atoms with Crippen LogP contribution >= 0.6 is 23.2 Å². The molecule has 0 fully saturated rings. The van der Waals surface area contributed by atoms with Gasteiger partial charge in [-0.15, -0.1) is 0 Å². The molecule has 0 unspecified atom stereocenters. The van der Waals surface area contributed by atoms with Crippen molar-refractivity contribution < 1.29 is 14.6 Å². The molecule has 0 bridgehead atoms. The van der Waals surface area contributed by atoms with Crippen molar-refractivity contribution in [2.75, 3.05) is 6.61 Å². The van der Waals surface area contributed by atoms with Crippen molar-refractivity contribution in [3.05, 3.63) is 21.7 Å². The lowest BCUT2D eigenvalue weighted by atomic mass is 10.2. The van der Waals surface area contributed by atoms with E-state index in [9.17, 15) is 9.90 Å². The molecule has 0 atom stereocenters. The van der Waals surface area contributed by atoms with E-state index in [2.05, 4.69) is 0 Å². The molecule has 0 aliphatic heterocycles. The van der Waals surface area contributed by atoms with Crippen LogP contribution in [0.4, 0.5) is 0 Å². The molecule has 1 aromatic carbocycles. The normalized spacial score (nSPS) is 10.6. The fraction of sp³-hybridized carbons (Fsp3) is 0.364. The predicted octanol–water partition coefficient (Wildman–Crippen LogP) is 3.55. The molecule has 5 heteroatoms. The van der Waals surface area contributed by atoms with Crippen molar-refractivity contribution in [3.8, 4) is 11.5 Å². The van der Waals surface area contributed by atoms with Gasteiger partial charge < -0.3 is 9.84 Å². The van der Waals surface area contributed by atoms with Gasteiger partial charge in [-0.2, -0.15) is 0 Å². The quantitative estimate of drug-likeness (QED) is 0.845. The number of phenolic OH excluding ortho intramolecular Hbond substituents is 1. The van der Waals surface area contributed by atoms with Crippen molar-refractivity contribution in [1.29, 1.82) is 0 Å². The first-order valence-corrected chi connectivity index (χ1v) is 5.51. The van der Waals surface area contributed by atoms with Crippen LogP contribution in [0.3, 0.4) is 0 Å². The summed E-state index contributed by atoms with van der Waals surface area (Å²) in [6.45, 7) is 4.36. The van der Waals surface area contributed by atoms with Crippen LogP contribution in [0.2, 0.25) is 10.0 Å². The maximum absolute atomic E-state index is 10.7. The van der Waals surface area contributed by atoms with E-state index in [-0.39, 0.29) is 27.1 Å². The van der Waals surface area contributed by atoms with Gasteiger partial charge in [0.1, 0.15) is 0 Å². The number of carbonyl (C=O) groups is 1. The zero-order valence-corrected chi connectivity index (χ0v) is 10.5. The third-order valence-electron chi connectivity index (χ3n) is 1.88. The number of ether oxygens (including phenoxy) is 1. The molecule has 0 radical (unpaired) electrons. The second-order valence-electron chi connectivity index (χ2n) is 3.76. The second-order valence-corrected chi connectivity index (χ2v) is 4.54. The summed E-state index contributed by atoms with van der Waals surface area (Å²) < 4.78 is 5.32. The van der Waals surface area contributed by atoms with Gasteiger partial charge in [-0.1, -0.05) is 37.0 Å². The van der Waals surface area contributed by atoms with Crippen LogP contribution in [0.15, 0.2) is 6.07 Å².